The lowest BCUT2D eigenvalue weighted by molar-refractivity contribution is -0.137. The van der Waals surface area contributed by atoms with Gasteiger partial charge in [0.1, 0.15) is 6.17 Å². The van der Waals surface area contributed by atoms with Crippen molar-refractivity contribution in [2.45, 2.75) is 68.0 Å². The molecule has 0 spiro atoms. The summed E-state index contributed by atoms with van der Waals surface area (Å²) in [6.45, 7) is 2.22. The number of carbonyl (C=O) groups excluding carboxylic acids is 1. The molecule has 5 rings (SSSR count). The average molecular weight is 604 g/mol. The third-order valence-electron chi connectivity index (χ3n) is 7.90. The Morgan fingerprint density at radius 1 is 0.952 bits per heavy atom. The fraction of sp³-hybridized carbons (Fsp3) is 0.387. The van der Waals surface area contributed by atoms with Gasteiger partial charge in [-0.2, -0.15) is 13.2 Å². The van der Waals surface area contributed by atoms with Gasteiger partial charge in [-0.25, -0.2) is 17.5 Å². The van der Waals surface area contributed by atoms with E-state index < -0.39 is 38.9 Å². The lowest BCUT2D eigenvalue weighted by Gasteiger charge is -2.28. The molecule has 0 radical (unpaired) electrons. The Hall–Kier alpha value is -3.28. The smallest absolute Gasteiger partial charge is 0.349 e. The van der Waals surface area contributed by atoms with Gasteiger partial charge in [-0.1, -0.05) is 54.6 Å². The van der Waals surface area contributed by atoms with Crippen LogP contribution in [0.4, 0.5) is 17.6 Å². The third-order valence-corrected chi connectivity index (χ3v) is 9.37. The summed E-state index contributed by atoms with van der Waals surface area (Å²) in [5, 5.41) is 3.02. The highest BCUT2D eigenvalue weighted by molar-refractivity contribution is 7.89. The number of fused-ring (bicyclic) bond motifs is 1. The van der Waals surface area contributed by atoms with Crippen LogP contribution in [0, 0.1) is 0 Å². The van der Waals surface area contributed by atoms with Gasteiger partial charge in [-0.05, 0) is 66.1 Å². The van der Waals surface area contributed by atoms with Gasteiger partial charge in [0.05, 0.1) is 22.5 Å². The summed E-state index contributed by atoms with van der Waals surface area (Å²) in [6.07, 6.45) is -3.07. The summed E-state index contributed by atoms with van der Waals surface area (Å²) in [4.78, 5) is 14.9. The van der Waals surface area contributed by atoms with Crippen LogP contribution in [0.15, 0.2) is 77.7 Å². The summed E-state index contributed by atoms with van der Waals surface area (Å²) in [6, 6.07) is 16.9. The molecule has 1 amide bonds. The van der Waals surface area contributed by atoms with Crippen molar-refractivity contribution in [3.05, 3.63) is 101 Å². The molecule has 2 aliphatic rings. The number of halogens is 4. The highest BCUT2D eigenvalue weighted by Crippen LogP contribution is 2.34. The van der Waals surface area contributed by atoms with E-state index in [4.69, 9.17) is 0 Å². The van der Waals surface area contributed by atoms with Crippen molar-refractivity contribution in [3.8, 4) is 0 Å². The lowest BCUT2D eigenvalue weighted by Crippen LogP contribution is -2.35. The molecule has 6 nitrogen and oxygen atoms in total. The van der Waals surface area contributed by atoms with Crippen LogP contribution in [0.2, 0.25) is 0 Å². The number of amides is 1. The van der Waals surface area contributed by atoms with Crippen LogP contribution in [-0.2, 0) is 34.0 Å². The second-order valence-electron chi connectivity index (χ2n) is 11.0. The predicted molar refractivity (Wildman–Crippen MR) is 151 cm³/mol. The number of hydrogen-bond acceptors (Lipinski definition) is 4. The van der Waals surface area contributed by atoms with Gasteiger partial charge in [0.2, 0.25) is 15.9 Å². The number of nitrogens with one attached hydrogen (secondary N) is 2. The first kappa shape index (κ1) is 30.2. The van der Waals surface area contributed by atoms with Gasteiger partial charge < -0.3 is 5.32 Å². The van der Waals surface area contributed by atoms with E-state index in [1.807, 2.05) is 12.1 Å². The molecule has 2 atom stereocenters. The van der Waals surface area contributed by atoms with Crippen molar-refractivity contribution in [2.24, 2.45) is 0 Å². The highest BCUT2D eigenvalue weighted by atomic mass is 32.2. The molecule has 1 heterocycles. The molecule has 1 saturated heterocycles. The number of alkyl halides is 4. The molecule has 3 aromatic carbocycles. The average Bonchev–Trinajstić information content (AvgIpc) is 3.35. The van der Waals surface area contributed by atoms with E-state index in [0.717, 1.165) is 60.9 Å². The van der Waals surface area contributed by atoms with Crippen molar-refractivity contribution in [3.63, 3.8) is 0 Å². The van der Waals surface area contributed by atoms with Crippen LogP contribution in [0.3, 0.4) is 0 Å². The topological polar surface area (TPSA) is 78.5 Å². The molecule has 2 N–H and O–H groups in total. The van der Waals surface area contributed by atoms with E-state index in [-0.39, 0.29) is 18.4 Å². The zero-order chi connectivity index (χ0) is 29.9. The van der Waals surface area contributed by atoms with Crippen LogP contribution >= 0.6 is 0 Å². The van der Waals surface area contributed by atoms with Gasteiger partial charge >= 0.3 is 6.18 Å². The minimum Gasteiger partial charge on any atom is -0.349 e. The number of aryl methyl sites for hydroxylation is 1. The molecule has 0 unspecified atom stereocenters. The van der Waals surface area contributed by atoms with E-state index >= 15 is 0 Å². The Morgan fingerprint density at radius 3 is 2.40 bits per heavy atom. The fourth-order valence-corrected chi connectivity index (χ4v) is 6.95. The number of rotatable bonds is 9. The number of hydrogen-bond donors (Lipinski definition) is 2. The Bertz CT molecular complexity index is 1510. The Balaban J connectivity index is 1.27. The first-order valence-electron chi connectivity index (χ1n) is 14.0. The molecule has 1 aliphatic carbocycles. The maximum atomic E-state index is 13.5. The van der Waals surface area contributed by atoms with Crippen LogP contribution in [0.5, 0.6) is 0 Å². The maximum Gasteiger partial charge on any atom is 0.416 e. The van der Waals surface area contributed by atoms with Gasteiger partial charge in [0.25, 0.3) is 0 Å². The second-order valence-corrected chi connectivity index (χ2v) is 12.7. The van der Waals surface area contributed by atoms with Gasteiger partial charge in [0.15, 0.2) is 0 Å². The van der Waals surface area contributed by atoms with Crippen molar-refractivity contribution >= 4 is 15.9 Å². The van der Waals surface area contributed by atoms with E-state index in [9.17, 15) is 30.8 Å². The molecule has 11 heteroatoms. The number of benzene rings is 3. The van der Waals surface area contributed by atoms with Gasteiger partial charge in [0, 0.05) is 26.1 Å². The first-order valence-corrected chi connectivity index (χ1v) is 15.5. The van der Waals surface area contributed by atoms with E-state index in [1.165, 1.54) is 0 Å². The molecule has 3 aromatic rings. The third kappa shape index (κ3) is 7.37. The Kier molecular flexibility index (Phi) is 9.00. The quantitative estimate of drug-likeness (QED) is 0.301. The molecular weight excluding hydrogens is 570 g/mol. The molecule has 0 saturated carbocycles. The van der Waals surface area contributed by atoms with Gasteiger partial charge in [-0.15, -0.1) is 0 Å². The Morgan fingerprint density at radius 2 is 1.69 bits per heavy atom. The summed E-state index contributed by atoms with van der Waals surface area (Å²) >= 11 is 0. The molecule has 42 heavy (non-hydrogen) atoms. The number of carbonyl (C=O) groups is 1. The molecule has 0 bridgehead atoms. The predicted octanol–water partition coefficient (Wildman–Crippen LogP) is 5.85. The van der Waals surface area contributed by atoms with Crippen LogP contribution in [0.1, 0.15) is 65.6 Å². The molecule has 224 valence electrons. The van der Waals surface area contributed by atoms with E-state index in [2.05, 4.69) is 21.0 Å². The van der Waals surface area contributed by atoms with Crippen molar-refractivity contribution in [1.82, 2.24) is 14.9 Å². The largest absolute Gasteiger partial charge is 0.416 e. The van der Waals surface area contributed by atoms with E-state index in [1.54, 1.807) is 30.3 Å². The first-order chi connectivity index (χ1) is 20.0. The number of nitrogens with zero attached hydrogens (tertiary/aromatic N) is 1. The van der Waals surface area contributed by atoms with Crippen LogP contribution in [0.25, 0.3) is 0 Å². The lowest BCUT2D eigenvalue weighted by atomic mass is 10.0. The summed E-state index contributed by atoms with van der Waals surface area (Å²) in [7, 11) is -4.39. The SMILES string of the molecule is O=C(C[C@@H](NS(=O)(=O)c1cccc(C(F)(F)F)c1)c1ccccc1)N[C@@H]1CCc2cc(CN3CCC(F)CC3)ccc21. The fourth-order valence-electron chi connectivity index (χ4n) is 5.68. The number of sulfonamides is 1. The summed E-state index contributed by atoms with van der Waals surface area (Å²) in [5.41, 5.74) is 2.73. The minimum absolute atomic E-state index is 0.236. The maximum absolute atomic E-state index is 13.5. The van der Waals surface area contributed by atoms with Crippen LogP contribution < -0.4 is 10.0 Å². The van der Waals surface area contributed by atoms with Crippen molar-refractivity contribution in [2.75, 3.05) is 13.1 Å². The number of piperidine rings is 1. The Labute approximate surface area is 243 Å². The van der Waals surface area contributed by atoms with Gasteiger partial charge in [-0.3, -0.25) is 9.69 Å². The molecule has 0 aromatic heterocycles. The summed E-state index contributed by atoms with van der Waals surface area (Å²) < 4.78 is 81.8. The minimum atomic E-state index is -4.70. The normalized spacial score (nSPS) is 18.9. The monoisotopic (exact) mass is 603 g/mol. The highest BCUT2D eigenvalue weighted by Gasteiger charge is 2.33. The standard InChI is InChI=1S/C31H33F4N3O3S/c32-25-13-15-38(16-14-25)20-21-9-11-27-23(17-21)10-12-28(27)36-30(39)19-29(22-5-2-1-3-6-22)37-42(40,41)26-8-4-7-24(18-26)31(33,34)35/h1-9,11,17-18,25,28-29,37H,10,12-16,19-20H2,(H,36,39)/t28-,29-/m1/s1. The van der Waals surface area contributed by atoms with E-state index in [0.29, 0.717) is 30.9 Å². The van der Waals surface area contributed by atoms with Crippen molar-refractivity contribution < 1.29 is 30.8 Å². The molecular formula is C31H33F4N3O3S. The second kappa shape index (κ2) is 12.5. The van der Waals surface area contributed by atoms with Crippen molar-refractivity contribution in [1.29, 1.82) is 0 Å². The zero-order valence-corrected chi connectivity index (χ0v) is 23.7. The van der Waals surface area contributed by atoms with Crippen LogP contribution in [-0.4, -0.2) is 38.5 Å². The molecule has 1 aliphatic heterocycles. The summed E-state index contributed by atoms with van der Waals surface area (Å²) in [5.74, 6) is -0.383. The zero-order valence-electron chi connectivity index (χ0n) is 22.9. The molecule has 1 fully saturated rings. The number of likely N-dealkylation sites (tertiary alicyclic amines) is 1.